The molecule has 20 heavy (non-hydrogen) atoms. The molecule has 0 saturated carbocycles. The van der Waals surface area contributed by atoms with E-state index in [4.69, 9.17) is 4.74 Å². The second-order valence-electron chi connectivity index (χ2n) is 6.13. The van der Waals surface area contributed by atoms with Gasteiger partial charge in [-0.1, -0.05) is 0 Å². The lowest BCUT2D eigenvalue weighted by Crippen LogP contribution is -2.40. The van der Waals surface area contributed by atoms with Gasteiger partial charge in [-0.05, 0) is 33.6 Å². The standard InChI is InChI=1S/C14H22N4O2/c1-14(2,3)20-13(19)18-8-6-7-10-11(18)9-15-12(16-10)17(4)5/h9H,6-8H2,1-5H3. The van der Waals surface area contributed by atoms with E-state index in [9.17, 15) is 4.79 Å². The second-order valence-corrected chi connectivity index (χ2v) is 6.13. The number of aryl methyl sites for hydroxylation is 1. The average Bonchev–Trinajstić information content (AvgIpc) is 2.35. The summed E-state index contributed by atoms with van der Waals surface area (Å²) in [5.41, 5.74) is 1.16. The molecule has 0 spiro atoms. The molecule has 0 aliphatic carbocycles. The van der Waals surface area contributed by atoms with Gasteiger partial charge in [0.1, 0.15) is 5.60 Å². The van der Waals surface area contributed by atoms with E-state index >= 15 is 0 Å². The first-order chi connectivity index (χ1) is 9.28. The molecule has 1 aromatic heterocycles. The van der Waals surface area contributed by atoms with Gasteiger partial charge in [-0.15, -0.1) is 0 Å². The Hall–Kier alpha value is -1.85. The zero-order valence-electron chi connectivity index (χ0n) is 12.8. The minimum Gasteiger partial charge on any atom is -0.443 e. The van der Waals surface area contributed by atoms with Gasteiger partial charge in [0.15, 0.2) is 0 Å². The lowest BCUT2D eigenvalue weighted by Gasteiger charge is -2.31. The van der Waals surface area contributed by atoms with Crippen LogP contribution in [0, 0.1) is 0 Å². The van der Waals surface area contributed by atoms with Crippen LogP contribution in [-0.4, -0.2) is 42.3 Å². The molecule has 0 saturated heterocycles. The summed E-state index contributed by atoms with van der Waals surface area (Å²) in [6.45, 7) is 6.23. The predicted molar refractivity (Wildman–Crippen MR) is 78.3 cm³/mol. The van der Waals surface area contributed by atoms with Crippen LogP contribution in [0.1, 0.15) is 32.9 Å². The van der Waals surface area contributed by atoms with Crippen LogP contribution in [0.25, 0.3) is 0 Å². The van der Waals surface area contributed by atoms with Crippen molar-refractivity contribution in [2.75, 3.05) is 30.4 Å². The second kappa shape index (κ2) is 5.26. The Bertz CT molecular complexity index is 508. The van der Waals surface area contributed by atoms with Crippen LogP contribution in [-0.2, 0) is 11.2 Å². The molecule has 0 atom stereocenters. The highest BCUT2D eigenvalue weighted by Crippen LogP contribution is 2.27. The van der Waals surface area contributed by atoms with Crippen LogP contribution in [0.4, 0.5) is 16.4 Å². The van der Waals surface area contributed by atoms with Crippen LogP contribution in [0.15, 0.2) is 6.20 Å². The van der Waals surface area contributed by atoms with Gasteiger partial charge in [-0.2, -0.15) is 0 Å². The Morgan fingerprint density at radius 3 is 2.70 bits per heavy atom. The van der Waals surface area contributed by atoms with Gasteiger partial charge >= 0.3 is 6.09 Å². The SMILES string of the molecule is CN(C)c1ncc2c(n1)CCCN2C(=O)OC(C)(C)C. The summed E-state index contributed by atoms with van der Waals surface area (Å²) in [7, 11) is 3.80. The van der Waals surface area contributed by atoms with Gasteiger partial charge in [0.25, 0.3) is 0 Å². The molecule has 0 unspecified atom stereocenters. The Balaban J connectivity index is 2.27. The Labute approximate surface area is 119 Å². The minimum atomic E-state index is -0.501. The summed E-state index contributed by atoms with van der Waals surface area (Å²) < 4.78 is 5.43. The maximum absolute atomic E-state index is 12.2. The predicted octanol–water partition coefficient (Wildman–Crippen LogP) is 2.23. The van der Waals surface area contributed by atoms with Gasteiger partial charge in [-0.25, -0.2) is 14.8 Å². The lowest BCUT2D eigenvalue weighted by molar-refractivity contribution is 0.0577. The number of ether oxygens (including phenoxy) is 1. The van der Waals surface area contributed by atoms with E-state index in [0.29, 0.717) is 12.5 Å². The molecule has 1 aliphatic heterocycles. The Morgan fingerprint density at radius 2 is 2.10 bits per heavy atom. The van der Waals surface area contributed by atoms with Crippen molar-refractivity contribution in [1.82, 2.24) is 9.97 Å². The number of carbonyl (C=O) groups excluding carboxylic acids is 1. The monoisotopic (exact) mass is 278 g/mol. The molecule has 0 fully saturated rings. The van der Waals surface area contributed by atoms with Crippen molar-refractivity contribution in [2.24, 2.45) is 0 Å². The molecule has 6 nitrogen and oxygen atoms in total. The van der Waals surface area contributed by atoms with E-state index in [-0.39, 0.29) is 6.09 Å². The highest BCUT2D eigenvalue weighted by molar-refractivity contribution is 5.89. The van der Waals surface area contributed by atoms with Crippen molar-refractivity contribution in [1.29, 1.82) is 0 Å². The summed E-state index contributed by atoms with van der Waals surface area (Å²) in [4.78, 5) is 24.5. The highest BCUT2D eigenvalue weighted by atomic mass is 16.6. The van der Waals surface area contributed by atoms with Crippen LogP contribution in [0.3, 0.4) is 0 Å². The van der Waals surface area contributed by atoms with Crippen LogP contribution >= 0.6 is 0 Å². The van der Waals surface area contributed by atoms with Crippen LogP contribution < -0.4 is 9.80 Å². The van der Waals surface area contributed by atoms with Gasteiger partial charge in [0.05, 0.1) is 17.6 Å². The number of rotatable bonds is 1. The summed E-state index contributed by atoms with van der Waals surface area (Å²) in [5.74, 6) is 0.662. The summed E-state index contributed by atoms with van der Waals surface area (Å²) in [6.07, 6.45) is 3.12. The topological polar surface area (TPSA) is 58.6 Å². The quantitative estimate of drug-likeness (QED) is 0.788. The van der Waals surface area contributed by atoms with Crippen molar-refractivity contribution in [3.8, 4) is 0 Å². The van der Waals surface area contributed by atoms with Gasteiger partial charge in [0.2, 0.25) is 5.95 Å². The normalized spacial score (nSPS) is 14.8. The van der Waals surface area contributed by atoms with Gasteiger partial charge in [0, 0.05) is 20.6 Å². The molecule has 110 valence electrons. The molecule has 0 aromatic carbocycles. The maximum atomic E-state index is 12.2. The number of aromatic nitrogens is 2. The number of nitrogens with zero attached hydrogens (tertiary/aromatic N) is 4. The maximum Gasteiger partial charge on any atom is 0.414 e. The van der Waals surface area contributed by atoms with Crippen molar-refractivity contribution < 1.29 is 9.53 Å². The Morgan fingerprint density at radius 1 is 1.40 bits per heavy atom. The zero-order valence-corrected chi connectivity index (χ0v) is 12.8. The number of anilines is 2. The number of hydrogen-bond acceptors (Lipinski definition) is 5. The summed E-state index contributed by atoms with van der Waals surface area (Å²) in [6, 6.07) is 0. The van der Waals surface area contributed by atoms with E-state index in [0.717, 1.165) is 24.2 Å². The molecule has 2 heterocycles. The van der Waals surface area contributed by atoms with Crippen molar-refractivity contribution in [3.63, 3.8) is 0 Å². The molecule has 1 aliphatic rings. The first-order valence-electron chi connectivity index (χ1n) is 6.82. The molecule has 0 N–H and O–H groups in total. The molecule has 0 radical (unpaired) electrons. The molecule has 1 amide bonds. The third kappa shape index (κ3) is 3.18. The number of fused-ring (bicyclic) bond motifs is 1. The van der Waals surface area contributed by atoms with Crippen molar-refractivity contribution >= 4 is 17.7 Å². The highest BCUT2D eigenvalue weighted by Gasteiger charge is 2.28. The van der Waals surface area contributed by atoms with E-state index < -0.39 is 5.60 Å². The largest absolute Gasteiger partial charge is 0.443 e. The van der Waals surface area contributed by atoms with Crippen molar-refractivity contribution in [3.05, 3.63) is 11.9 Å². The zero-order chi connectivity index (χ0) is 14.9. The summed E-state index contributed by atoms with van der Waals surface area (Å²) >= 11 is 0. The molecule has 0 bridgehead atoms. The Kier molecular flexibility index (Phi) is 3.83. The molecular formula is C14H22N4O2. The van der Waals surface area contributed by atoms with Crippen molar-refractivity contribution in [2.45, 2.75) is 39.2 Å². The first kappa shape index (κ1) is 14.6. The van der Waals surface area contributed by atoms with E-state index in [2.05, 4.69) is 9.97 Å². The fraction of sp³-hybridized carbons (Fsp3) is 0.643. The molecule has 1 aromatic rings. The molecular weight excluding hydrogens is 256 g/mol. The first-order valence-corrected chi connectivity index (χ1v) is 6.82. The summed E-state index contributed by atoms with van der Waals surface area (Å²) in [5, 5.41) is 0. The number of hydrogen-bond donors (Lipinski definition) is 0. The fourth-order valence-corrected chi connectivity index (χ4v) is 2.06. The lowest BCUT2D eigenvalue weighted by atomic mass is 10.1. The van der Waals surface area contributed by atoms with E-state index in [1.807, 2.05) is 39.8 Å². The number of carbonyl (C=O) groups is 1. The van der Waals surface area contributed by atoms with E-state index in [1.54, 1.807) is 11.1 Å². The average molecular weight is 278 g/mol. The third-order valence-corrected chi connectivity index (χ3v) is 2.93. The van der Waals surface area contributed by atoms with Gasteiger partial charge in [-0.3, -0.25) is 4.90 Å². The minimum absolute atomic E-state index is 0.334. The fourth-order valence-electron chi connectivity index (χ4n) is 2.06. The van der Waals surface area contributed by atoms with Crippen LogP contribution in [0.5, 0.6) is 0 Å². The molecule has 2 rings (SSSR count). The smallest absolute Gasteiger partial charge is 0.414 e. The molecule has 6 heteroatoms. The number of amides is 1. The van der Waals surface area contributed by atoms with Crippen LogP contribution in [0.2, 0.25) is 0 Å². The van der Waals surface area contributed by atoms with Gasteiger partial charge < -0.3 is 9.64 Å². The van der Waals surface area contributed by atoms with E-state index in [1.165, 1.54) is 0 Å². The third-order valence-electron chi connectivity index (χ3n) is 2.93.